The number of alkyl halides is 1. The lowest BCUT2D eigenvalue weighted by molar-refractivity contribution is 0.0428. The van der Waals surface area contributed by atoms with Gasteiger partial charge in [0.2, 0.25) is 0 Å². The highest BCUT2D eigenvalue weighted by molar-refractivity contribution is 4.92. The number of ether oxygens (including phenoxy) is 1. The van der Waals surface area contributed by atoms with Crippen molar-refractivity contribution in [2.75, 3.05) is 20.2 Å². The van der Waals surface area contributed by atoms with Gasteiger partial charge < -0.3 is 4.74 Å². The Bertz CT molecular complexity index is 171. The summed E-state index contributed by atoms with van der Waals surface area (Å²) in [5, 5.41) is 0. The fraction of sp³-hybridized carbons (Fsp3) is 1.00. The van der Waals surface area contributed by atoms with Gasteiger partial charge in [0.25, 0.3) is 0 Å². The molecule has 0 aromatic heterocycles. The molecule has 2 atom stereocenters. The Morgan fingerprint density at radius 2 is 2.00 bits per heavy atom. The van der Waals surface area contributed by atoms with Crippen molar-refractivity contribution >= 4 is 0 Å². The lowest BCUT2D eigenvalue weighted by atomic mass is 10.1. The molecule has 0 amide bonds. The summed E-state index contributed by atoms with van der Waals surface area (Å²) >= 11 is 0. The molecule has 0 aromatic carbocycles. The molecule has 0 aliphatic carbocycles. The second-order valence-corrected chi connectivity index (χ2v) is 4.57. The van der Waals surface area contributed by atoms with E-state index >= 15 is 0 Å². The highest BCUT2D eigenvalue weighted by atomic mass is 19.1. The second kappa shape index (κ2) is 6.44. The first-order valence-corrected chi connectivity index (χ1v) is 5.91. The average molecular weight is 219 g/mol. The summed E-state index contributed by atoms with van der Waals surface area (Å²) in [4.78, 5) is 2.04. The molecule has 1 rings (SSSR count). The maximum atomic E-state index is 13.5. The molecule has 15 heavy (non-hydrogen) atoms. The quantitative estimate of drug-likeness (QED) is 0.723. The maximum absolute atomic E-state index is 13.5. The molecule has 3 heteroatoms. The summed E-state index contributed by atoms with van der Waals surface area (Å²) in [6.45, 7) is 10.8. The molecule has 0 saturated carbocycles. The molecule has 1 heterocycles. The number of likely N-dealkylation sites (N-methyl/N-ethyl adjacent to an activating group) is 1. The summed E-state index contributed by atoms with van der Waals surface area (Å²) in [6, 6.07) is 0.248. The Morgan fingerprint density at radius 3 is 2.33 bits per heavy atom. The van der Waals surface area contributed by atoms with Crippen LogP contribution in [0.15, 0.2) is 0 Å². The first-order valence-electron chi connectivity index (χ1n) is 5.91. The first-order chi connectivity index (χ1) is 6.91. The van der Waals surface area contributed by atoms with Crippen molar-refractivity contribution in [3.8, 4) is 0 Å². The third kappa shape index (κ3) is 5.47. The molecule has 0 N–H and O–H groups in total. The van der Waals surface area contributed by atoms with E-state index in [2.05, 4.69) is 0 Å². The lowest BCUT2D eigenvalue weighted by Crippen LogP contribution is -2.30. The molecule has 2 nitrogen and oxygen atoms in total. The normalized spacial score (nSPS) is 31.6. The molecule has 0 radical (unpaired) electrons. The van der Waals surface area contributed by atoms with Crippen LogP contribution in [0, 0.1) is 0 Å². The number of hydrogen-bond acceptors (Lipinski definition) is 2. The Labute approximate surface area is 93.8 Å². The topological polar surface area (TPSA) is 12.5 Å². The highest BCUT2D eigenvalue weighted by Crippen LogP contribution is 2.29. The molecule has 0 spiro atoms. The summed E-state index contributed by atoms with van der Waals surface area (Å²) in [5.74, 6) is 0. The van der Waals surface area contributed by atoms with Crippen LogP contribution >= 0.6 is 0 Å². The van der Waals surface area contributed by atoms with Gasteiger partial charge in [0.15, 0.2) is 0 Å². The lowest BCUT2D eigenvalue weighted by Gasteiger charge is -2.19. The van der Waals surface area contributed by atoms with E-state index in [9.17, 15) is 4.39 Å². The fourth-order valence-electron chi connectivity index (χ4n) is 1.85. The summed E-state index contributed by atoms with van der Waals surface area (Å²) < 4.78 is 19.0. The van der Waals surface area contributed by atoms with Gasteiger partial charge in [-0.15, -0.1) is 0 Å². The maximum Gasteiger partial charge on any atom is 0.122 e. The smallest absolute Gasteiger partial charge is 0.122 e. The van der Waals surface area contributed by atoms with Crippen molar-refractivity contribution in [3.63, 3.8) is 0 Å². The summed E-state index contributed by atoms with van der Waals surface area (Å²) in [6.07, 6.45) is 0.829. The van der Waals surface area contributed by atoms with E-state index in [0.717, 1.165) is 0 Å². The molecule has 1 aliphatic rings. The number of rotatable bonds is 3. The molecular formula is C12H26FNO. The van der Waals surface area contributed by atoms with Crippen molar-refractivity contribution < 1.29 is 9.13 Å². The molecule has 2 unspecified atom stereocenters. The van der Waals surface area contributed by atoms with Gasteiger partial charge in [-0.3, -0.25) is 4.90 Å². The van der Waals surface area contributed by atoms with E-state index in [0.29, 0.717) is 19.6 Å². The van der Waals surface area contributed by atoms with Gasteiger partial charge >= 0.3 is 0 Å². The van der Waals surface area contributed by atoms with Crippen LogP contribution in [0.25, 0.3) is 0 Å². The number of likely N-dealkylation sites (tertiary alicyclic amines) is 1. The van der Waals surface area contributed by atoms with Crippen LogP contribution in [0.4, 0.5) is 4.39 Å². The minimum atomic E-state index is -1.03. The molecule has 1 fully saturated rings. The SMILES string of the molecule is CC.CC(C)OCC1CC(C)(F)CN1C. The van der Waals surface area contributed by atoms with Crippen LogP contribution in [-0.2, 0) is 4.74 Å². The van der Waals surface area contributed by atoms with Gasteiger partial charge in [0.1, 0.15) is 5.67 Å². The van der Waals surface area contributed by atoms with Crippen molar-refractivity contribution in [3.05, 3.63) is 0 Å². The third-order valence-corrected chi connectivity index (χ3v) is 2.49. The van der Waals surface area contributed by atoms with E-state index in [1.807, 2.05) is 39.6 Å². The van der Waals surface area contributed by atoms with E-state index < -0.39 is 5.67 Å². The summed E-state index contributed by atoms with van der Waals surface area (Å²) in [7, 11) is 1.96. The van der Waals surface area contributed by atoms with Crippen LogP contribution in [0.5, 0.6) is 0 Å². The monoisotopic (exact) mass is 219 g/mol. The van der Waals surface area contributed by atoms with Gasteiger partial charge in [-0.2, -0.15) is 0 Å². The number of halogens is 1. The summed E-state index contributed by atoms with van der Waals surface area (Å²) in [5.41, 5.74) is -1.03. The van der Waals surface area contributed by atoms with Crippen LogP contribution in [0.2, 0.25) is 0 Å². The molecular weight excluding hydrogens is 193 g/mol. The molecule has 0 bridgehead atoms. The van der Waals surface area contributed by atoms with Gasteiger partial charge in [-0.25, -0.2) is 4.39 Å². The highest BCUT2D eigenvalue weighted by Gasteiger charge is 2.38. The van der Waals surface area contributed by atoms with E-state index in [1.165, 1.54) is 0 Å². The molecule has 92 valence electrons. The first kappa shape index (κ1) is 14.8. The number of nitrogens with zero attached hydrogens (tertiary/aromatic N) is 1. The predicted octanol–water partition coefficient (Wildman–Crippen LogP) is 2.87. The third-order valence-electron chi connectivity index (χ3n) is 2.49. The zero-order valence-electron chi connectivity index (χ0n) is 11.0. The van der Waals surface area contributed by atoms with E-state index in [4.69, 9.17) is 4.74 Å². The van der Waals surface area contributed by atoms with E-state index in [1.54, 1.807) is 6.92 Å². The molecule has 1 aliphatic heterocycles. The minimum Gasteiger partial charge on any atom is -0.377 e. The fourth-order valence-corrected chi connectivity index (χ4v) is 1.85. The van der Waals surface area contributed by atoms with Gasteiger partial charge in [-0.05, 0) is 27.8 Å². The second-order valence-electron chi connectivity index (χ2n) is 4.57. The van der Waals surface area contributed by atoms with E-state index in [-0.39, 0.29) is 12.1 Å². The van der Waals surface area contributed by atoms with Crippen molar-refractivity contribution in [1.29, 1.82) is 0 Å². The number of hydrogen-bond donors (Lipinski definition) is 0. The Morgan fingerprint density at radius 1 is 1.47 bits per heavy atom. The predicted molar refractivity (Wildman–Crippen MR) is 63.0 cm³/mol. The minimum absolute atomic E-state index is 0.236. The Hall–Kier alpha value is -0.150. The van der Waals surface area contributed by atoms with Crippen molar-refractivity contribution in [1.82, 2.24) is 4.90 Å². The Kier molecular flexibility index (Phi) is 6.37. The molecule has 1 saturated heterocycles. The molecule has 0 aromatic rings. The van der Waals surface area contributed by atoms with Crippen LogP contribution in [0.1, 0.15) is 41.0 Å². The standard InChI is InChI=1S/C10H20FNO.C2H6/c1-8(2)13-6-9-5-10(3,11)7-12(9)4;1-2/h8-9H,5-7H2,1-4H3;1-2H3. The van der Waals surface area contributed by atoms with Crippen LogP contribution in [-0.4, -0.2) is 42.9 Å². The zero-order valence-corrected chi connectivity index (χ0v) is 11.0. The van der Waals surface area contributed by atoms with Gasteiger partial charge in [-0.1, -0.05) is 13.8 Å². The van der Waals surface area contributed by atoms with Crippen LogP contribution in [0.3, 0.4) is 0 Å². The van der Waals surface area contributed by atoms with Crippen molar-refractivity contribution in [2.24, 2.45) is 0 Å². The average Bonchev–Trinajstić information content (AvgIpc) is 2.39. The largest absolute Gasteiger partial charge is 0.377 e. The van der Waals surface area contributed by atoms with Crippen LogP contribution < -0.4 is 0 Å². The van der Waals surface area contributed by atoms with Gasteiger partial charge in [0.05, 0.1) is 12.7 Å². The zero-order chi connectivity index (χ0) is 12.1. The Balaban J connectivity index is 0.000000921. The van der Waals surface area contributed by atoms with Crippen molar-refractivity contribution in [2.45, 2.75) is 58.9 Å². The van der Waals surface area contributed by atoms with Gasteiger partial charge in [0, 0.05) is 19.0 Å².